The fraction of sp³-hybridized carbons (Fsp3) is 0.519. The molecule has 2 aromatic carbocycles. The van der Waals surface area contributed by atoms with Crippen molar-refractivity contribution in [2.45, 2.75) is 62.3 Å². The van der Waals surface area contributed by atoms with E-state index in [4.69, 9.17) is 14.6 Å². The van der Waals surface area contributed by atoms with Gasteiger partial charge in [-0.25, -0.2) is 13.2 Å². The molecule has 2 saturated heterocycles. The number of aliphatic carboxylic acids is 1. The lowest BCUT2D eigenvalue weighted by Gasteiger charge is -2.30. The van der Waals surface area contributed by atoms with Crippen molar-refractivity contribution in [3.05, 3.63) is 53.6 Å². The number of nitrogens with zero attached hydrogens (tertiary/aromatic N) is 3. The number of alkyl halides is 3. The zero-order valence-electron chi connectivity index (χ0n) is 22.0. The van der Waals surface area contributed by atoms with Crippen LogP contribution in [0.15, 0.2) is 47.4 Å². The molecule has 0 spiro atoms. The maximum absolute atomic E-state index is 13.2. The number of benzene rings is 2. The molecule has 0 aromatic heterocycles. The minimum absolute atomic E-state index is 0.288. The van der Waals surface area contributed by atoms with E-state index in [2.05, 4.69) is 34.9 Å². The summed E-state index contributed by atoms with van der Waals surface area (Å²) in [6.45, 7) is 6.72. The molecule has 3 heterocycles. The van der Waals surface area contributed by atoms with Crippen LogP contribution in [0.5, 0.6) is 5.75 Å². The monoisotopic (exact) mass is 569 g/mol. The zero-order valence-corrected chi connectivity index (χ0v) is 22.8. The number of rotatable bonds is 5. The molecule has 0 aliphatic carbocycles. The van der Waals surface area contributed by atoms with Crippen molar-refractivity contribution in [3.8, 4) is 5.75 Å². The Hall–Kier alpha value is -2.83. The standard InChI is InChI=1S/C25H33N3O3S.C2HF3O2/c1-19-5-4-12-28(19)23-11-13-26(18-23)22-9-8-21-17-27(14-10-20(21)15-22)32(29,30)25-7-3-6-24(16-25)31-2;3-2(4,5)1(6)7/h3,6-9,15-16,19,23H,4-5,10-14,17-18H2,1-2H3;(H,6,7)/t19-,23-;/m0./s1. The lowest BCUT2D eigenvalue weighted by Crippen LogP contribution is -2.39. The number of fused-ring (bicyclic) bond motifs is 1. The highest BCUT2D eigenvalue weighted by atomic mass is 32.2. The summed E-state index contributed by atoms with van der Waals surface area (Å²) in [5.41, 5.74) is 3.66. The smallest absolute Gasteiger partial charge is 0.490 e. The molecule has 3 aliphatic heterocycles. The Labute approximate surface area is 227 Å². The van der Waals surface area contributed by atoms with Crippen molar-refractivity contribution in [2.75, 3.05) is 38.2 Å². The molecule has 8 nitrogen and oxygen atoms in total. The van der Waals surface area contributed by atoms with Crippen LogP contribution in [0.3, 0.4) is 0 Å². The first-order valence-electron chi connectivity index (χ1n) is 13.0. The number of sulfonamides is 1. The van der Waals surface area contributed by atoms with Crippen LogP contribution in [0.4, 0.5) is 18.9 Å². The summed E-state index contributed by atoms with van der Waals surface area (Å²) in [6, 6.07) is 14.7. The van der Waals surface area contributed by atoms with Gasteiger partial charge in [0.2, 0.25) is 10.0 Å². The van der Waals surface area contributed by atoms with Crippen LogP contribution in [-0.4, -0.2) is 80.2 Å². The van der Waals surface area contributed by atoms with E-state index in [1.807, 2.05) is 0 Å². The second-order valence-electron chi connectivity index (χ2n) is 10.1. The molecular weight excluding hydrogens is 535 g/mol. The van der Waals surface area contributed by atoms with Crippen LogP contribution < -0.4 is 9.64 Å². The summed E-state index contributed by atoms with van der Waals surface area (Å²) in [6.07, 6.45) is -0.461. The first-order valence-corrected chi connectivity index (χ1v) is 14.4. The molecule has 0 amide bonds. The quantitative estimate of drug-likeness (QED) is 0.579. The maximum Gasteiger partial charge on any atom is 0.490 e. The van der Waals surface area contributed by atoms with Crippen molar-refractivity contribution < 1.29 is 36.2 Å². The third-order valence-electron chi connectivity index (χ3n) is 7.69. The third-order valence-corrected chi connectivity index (χ3v) is 9.53. The third kappa shape index (κ3) is 6.67. The van der Waals surface area contributed by atoms with E-state index in [9.17, 15) is 21.6 Å². The summed E-state index contributed by atoms with van der Waals surface area (Å²) in [5, 5.41) is 7.12. The molecule has 2 aromatic rings. The van der Waals surface area contributed by atoms with Crippen LogP contribution in [0, 0.1) is 0 Å². The zero-order chi connectivity index (χ0) is 28.4. The number of anilines is 1. The van der Waals surface area contributed by atoms with E-state index in [1.165, 1.54) is 37.1 Å². The number of carboxylic acid groups (broad SMARTS) is 1. The van der Waals surface area contributed by atoms with Gasteiger partial charge in [-0.15, -0.1) is 0 Å². The summed E-state index contributed by atoms with van der Waals surface area (Å²) in [7, 11) is -2.00. The molecule has 0 bridgehead atoms. The van der Waals surface area contributed by atoms with E-state index in [-0.39, 0.29) is 4.90 Å². The van der Waals surface area contributed by atoms with E-state index in [0.717, 1.165) is 25.1 Å². The Morgan fingerprint density at radius 1 is 1.05 bits per heavy atom. The van der Waals surface area contributed by atoms with Gasteiger partial charge in [0.05, 0.1) is 12.0 Å². The number of ether oxygens (including phenoxy) is 1. The number of hydrogen-bond acceptors (Lipinski definition) is 6. The van der Waals surface area contributed by atoms with Gasteiger partial charge in [-0.1, -0.05) is 12.1 Å². The molecule has 39 heavy (non-hydrogen) atoms. The molecule has 2 atom stereocenters. The summed E-state index contributed by atoms with van der Waals surface area (Å²) in [4.78, 5) is 14.4. The van der Waals surface area contributed by atoms with Crippen LogP contribution in [0.25, 0.3) is 0 Å². The van der Waals surface area contributed by atoms with E-state index >= 15 is 0 Å². The highest BCUT2D eigenvalue weighted by Gasteiger charge is 2.38. The predicted octanol–water partition coefficient (Wildman–Crippen LogP) is 4.14. The number of carbonyl (C=O) groups is 1. The topological polar surface area (TPSA) is 90.4 Å². The van der Waals surface area contributed by atoms with Crippen LogP contribution >= 0.6 is 0 Å². The molecule has 0 saturated carbocycles. The van der Waals surface area contributed by atoms with Gasteiger partial charge in [0, 0.05) is 50.0 Å². The minimum atomic E-state index is -5.08. The van der Waals surface area contributed by atoms with Gasteiger partial charge in [-0.05, 0) is 74.5 Å². The first kappa shape index (κ1) is 29.2. The Kier molecular flexibility index (Phi) is 8.77. The second-order valence-corrected chi connectivity index (χ2v) is 12.1. The van der Waals surface area contributed by atoms with E-state index < -0.39 is 22.2 Å². The van der Waals surface area contributed by atoms with Gasteiger partial charge < -0.3 is 14.7 Å². The molecule has 2 fully saturated rings. The van der Waals surface area contributed by atoms with Gasteiger partial charge in [0.25, 0.3) is 0 Å². The molecule has 0 unspecified atom stereocenters. The van der Waals surface area contributed by atoms with Crippen molar-refractivity contribution >= 4 is 21.7 Å². The van der Waals surface area contributed by atoms with Gasteiger partial charge >= 0.3 is 12.1 Å². The molecule has 5 rings (SSSR count). The lowest BCUT2D eigenvalue weighted by molar-refractivity contribution is -0.192. The molecule has 12 heteroatoms. The fourth-order valence-corrected chi connectivity index (χ4v) is 7.03. The van der Waals surface area contributed by atoms with Crippen molar-refractivity contribution in [1.29, 1.82) is 0 Å². The highest BCUT2D eigenvalue weighted by molar-refractivity contribution is 7.89. The predicted molar refractivity (Wildman–Crippen MR) is 140 cm³/mol. The van der Waals surface area contributed by atoms with Crippen molar-refractivity contribution in [2.24, 2.45) is 0 Å². The molecule has 214 valence electrons. The first-order chi connectivity index (χ1) is 18.4. The van der Waals surface area contributed by atoms with Crippen molar-refractivity contribution in [1.82, 2.24) is 9.21 Å². The maximum atomic E-state index is 13.2. The van der Waals surface area contributed by atoms with E-state index in [0.29, 0.717) is 30.9 Å². The summed E-state index contributed by atoms with van der Waals surface area (Å²) < 4.78 is 64.9. The largest absolute Gasteiger partial charge is 0.497 e. The normalized spacial score (nSPS) is 22.2. The van der Waals surface area contributed by atoms with Crippen LogP contribution in [-0.2, 0) is 27.8 Å². The SMILES string of the molecule is COc1cccc(S(=O)(=O)N2CCc3cc(N4CC[C@H](N5CCC[C@@H]5C)C4)ccc3C2)c1.O=C(O)C(F)(F)F. The Morgan fingerprint density at radius 3 is 2.44 bits per heavy atom. The second kappa shape index (κ2) is 11.7. The molecular formula is C27H34F3N3O5S. The molecule has 1 N–H and O–H groups in total. The van der Waals surface area contributed by atoms with Crippen molar-refractivity contribution in [3.63, 3.8) is 0 Å². The Balaban J connectivity index is 0.000000448. The number of hydrogen-bond donors (Lipinski definition) is 1. The Bertz CT molecular complexity index is 1290. The lowest BCUT2D eigenvalue weighted by atomic mass is 10.00. The van der Waals surface area contributed by atoms with Gasteiger partial charge in [-0.3, -0.25) is 4.90 Å². The van der Waals surface area contributed by atoms with Gasteiger partial charge in [-0.2, -0.15) is 17.5 Å². The van der Waals surface area contributed by atoms with Crippen LogP contribution in [0.2, 0.25) is 0 Å². The number of likely N-dealkylation sites (tertiary alicyclic amines) is 1. The molecule has 0 radical (unpaired) electrons. The highest BCUT2D eigenvalue weighted by Crippen LogP contribution is 2.32. The summed E-state index contributed by atoms with van der Waals surface area (Å²) >= 11 is 0. The fourth-order valence-electron chi connectivity index (χ4n) is 5.57. The number of halogens is 3. The molecule has 3 aliphatic rings. The minimum Gasteiger partial charge on any atom is -0.497 e. The Morgan fingerprint density at radius 2 is 1.79 bits per heavy atom. The number of methoxy groups -OCH3 is 1. The van der Waals surface area contributed by atoms with Gasteiger partial charge in [0.15, 0.2) is 0 Å². The van der Waals surface area contributed by atoms with E-state index in [1.54, 1.807) is 35.7 Å². The average molecular weight is 570 g/mol. The summed E-state index contributed by atoms with van der Waals surface area (Å²) in [5.74, 6) is -2.20. The van der Waals surface area contributed by atoms with Gasteiger partial charge in [0.1, 0.15) is 5.75 Å². The van der Waals surface area contributed by atoms with Crippen LogP contribution in [0.1, 0.15) is 37.3 Å². The average Bonchev–Trinajstić information content (AvgIpc) is 3.57. The number of carboxylic acids is 1.